The molecule has 2 aliphatic rings. The molecular weight excluding hydrogens is 1190 g/mol. The lowest BCUT2D eigenvalue weighted by atomic mass is 9.90. The molecular formula is C67H107N13O13. The molecule has 0 bridgehead atoms. The van der Waals surface area contributed by atoms with Gasteiger partial charge in [0.05, 0.1) is 66.9 Å². The Kier molecular flexibility index (Phi) is 34.4. The van der Waals surface area contributed by atoms with Gasteiger partial charge in [0.25, 0.3) is 41.4 Å². The third kappa shape index (κ3) is 26.4. The van der Waals surface area contributed by atoms with Crippen molar-refractivity contribution in [2.24, 2.45) is 28.7 Å². The highest BCUT2D eigenvalue weighted by Gasteiger charge is 2.32. The Bertz CT molecular complexity index is 2840. The standard InChI is InChI=1S/C67H107N13O13/c1-79(2)32-30-73-62(82)50-39-52(58(91-36-16-8-12-28-70)42-56(50)89-34-14-6-10-26-68)65(85)76-46-20-18-45(19-21-46)75-64(84)49-38-54(60(41-55(49)88-5)93-44-61(72)81)67(87)78-48-24-22-47(23-25-48)77-66(86)53-40-51(63(83)74-31-33-80(3)4)57(90-35-15-7-11-27-69)43-59(53)92-37-17-9-13-29-71/h38-43,45-48H,6-37,44,68-71H2,1-5H3,(H2,72,81)(H,73,82)(H,74,83)(H,75,84)(H,76,85)(H,77,86)(H,78,87)/t45-,46-,47-,48-. The van der Waals surface area contributed by atoms with Crippen molar-refractivity contribution in [3.05, 3.63) is 69.8 Å². The monoisotopic (exact) mass is 1300 g/mol. The molecule has 3 aromatic carbocycles. The highest BCUT2D eigenvalue weighted by Crippen LogP contribution is 2.35. The van der Waals surface area contributed by atoms with Crippen LogP contribution in [0.1, 0.15) is 191 Å². The second kappa shape index (κ2) is 42.0. The van der Waals surface area contributed by atoms with Crippen LogP contribution >= 0.6 is 0 Å². The van der Waals surface area contributed by atoms with E-state index in [-0.39, 0.29) is 86.6 Å². The minimum absolute atomic E-state index is 0.0270. The Morgan fingerprint density at radius 1 is 0.376 bits per heavy atom. The van der Waals surface area contributed by atoms with E-state index >= 15 is 0 Å². The van der Waals surface area contributed by atoms with E-state index in [1.807, 2.05) is 38.0 Å². The molecule has 0 radical (unpaired) electrons. The fraction of sp³-hybridized carbons (Fsp3) is 0.627. The number of nitrogens with one attached hydrogen (secondary N) is 6. The molecule has 0 aromatic heterocycles. The van der Waals surface area contributed by atoms with Crippen LogP contribution in [0, 0.1) is 0 Å². The highest BCUT2D eigenvalue weighted by atomic mass is 16.5. The average Bonchev–Trinajstić information content (AvgIpc) is 1.29. The summed E-state index contributed by atoms with van der Waals surface area (Å²) in [4.78, 5) is 101. The number of carbonyl (C=O) groups excluding carboxylic acids is 7. The number of rotatable bonds is 44. The first-order valence-corrected chi connectivity index (χ1v) is 33.3. The van der Waals surface area contributed by atoms with Crippen molar-refractivity contribution >= 4 is 41.4 Å². The first-order valence-electron chi connectivity index (χ1n) is 33.3. The van der Waals surface area contributed by atoms with E-state index in [2.05, 4.69) is 31.9 Å². The molecule has 16 N–H and O–H groups in total. The lowest BCUT2D eigenvalue weighted by molar-refractivity contribution is -0.120. The number of hydrogen-bond donors (Lipinski definition) is 11. The van der Waals surface area contributed by atoms with E-state index in [1.165, 1.54) is 31.4 Å². The zero-order chi connectivity index (χ0) is 67.5. The van der Waals surface area contributed by atoms with Crippen molar-refractivity contribution < 1.29 is 62.0 Å². The van der Waals surface area contributed by atoms with Crippen molar-refractivity contribution in [3.8, 4) is 34.5 Å². The minimum atomic E-state index is -0.785. The van der Waals surface area contributed by atoms with Gasteiger partial charge in [0.15, 0.2) is 6.61 Å². The summed E-state index contributed by atoms with van der Waals surface area (Å²) in [6, 6.07) is 7.82. The molecule has 0 unspecified atom stereocenters. The fourth-order valence-electron chi connectivity index (χ4n) is 10.9. The Morgan fingerprint density at radius 3 is 0.892 bits per heavy atom. The third-order valence-electron chi connectivity index (χ3n) is 16.2. The number of methoxy groups -OCH3 is 1. The third-order valence-corrected chi connectivity index (χ3v) is 16.2. The van der Waals surface area contributed by atoms with Crippen molar-refractivity contribution in [3.63, 3.8) is 0 Å². The van der Waals surface area contributed by atoms with E-state index < -0.39 is 36.1 Å². The molecule has 93 heavy (non-hydrogen) atoms. The normalized spacial score (nSPS) is 16.2. The number of ether oxygens (including phenoxy) is 6. The summed E-state index contributed by atoms with van der Waals surface area (Å²) in [5.74, 6) is -2.24. The van der Waals surface area contributed by atoms with Crippen molar-refractivity contribution in [1.82, 2.24) is 41.7 Å². The highest BCUT2D eigenvalue weighted by molar-refractivity contribution is 6.05. The average molecular weight is 1300 g/mol. The Morgan fingerprint density at radius 2 is 0.634 bits per heavy atom. The Labute approximate surface area is 549 Å². The van der Waals surface area contributed by atoms with Crippen LogP contribution in [-0.2, 0) is 4.79 Å². The summed E-state index contributed by atoms with van der Waals surface area (Å²) in [6.45, 7) is 4.96. The van der Waals surface area contributed by atoms with Gasteiger partial charge in [-0.15, -0.1) is 0 Å². The van der Waals surface area contributed by atoms with Crippen molar-refractivity contribution in [2.45, 2.75) is 153 Å². The van der Waals surface area contributed by atoms with Gasteiger partial charge in [0.1, 0.15) is 34.5 Å². The number of primary amides is 1. The van der Waals surface area contributed by atoms with Gasteiger partial charge in [-0.2, -0.15) is 0 Å². The molecule has 0 saturated heterocycles. The number of nitrogens with two attached hydrogens (primary N) is 5. The summed E-state index contributed by atoms with van der Waals surface area (Å²) >= 11 is 0. The SMILES string of the molecule is COc1cc(OCC(N)=O)c(C(=O)N[C@H]2CC[C@H](NC(=O)c3cc(C(=O)NCCN(C)C)c(OCCCCCN)cc3OCCCCCN)CC2)cc1C(=O)N[C@H]1CC[C@H](NC(=O)c2cc(C(=O)NCCN(C)C)c(OCCCCCN)cc2OCCCCCN)CC1. The molecule has 2 fully saturated rings. The molecule has 5 rings (SSSR count). The second-order valence-corrected chi connectivity index (χ2v) is 24.4. The van der Waals surface area contributed by atoms with Crippen LogP contribution in [0.4, 0.5) is 0 Å². The molecule has 0 atom stereocenters. The van der Waals surface area contributed by atoms with E-state index in [9.17, 15) is 33.6 Å². The van der Waals surface area contributed by atoms with Crippen LogP contribution in [-0.4, -0.2) is 196 Å². The number of nitrogens with zero attached hydrogens (tertiary/aromatic N) is 2. The molecule has 3 aromatic rings. The van der Waals surface area contributed by atoms with E-state index in [4.69, 9.17) is 57.1 Å². The number of benzene rings is 3. The Balaban J connectivity index is 1.27. The zero-order valence-electron chi connectivity index (χ0n) is 55.7. The molecule has 26 heteroatoms. The number of hydrogen-bond acceptors (Lipinski definition) is 19. The zero-order valence-corrected chi connectivity index (χ0v) is 55.7. The van der Waals surface area contributed by atoms with Crippen LogP contribution in [0.3, 0.4) is 0 Å². The largest absolute Gasteiger partial charge is 0.496 e. The first kappa shape index (κ1) is 76.2. The quantitative estimate of drug-likeness (QED) is 0.0355. The van der Waals surface area contributed by atoms with Crippen LogP contribution in [0.15, 0.2) is 36.4 Å². The van der Waals surface area contributed by atoms with E-state index in [0.29, 0.717) is 160 Å². The van der Waals surface area contributed by atoms with Gasteiger partial charge >= 0.3 is 0 Å². The minimum Gasteiger partial charge on any atom is -0.496 e. The van der Waals surface area contributed by atoms with Crippen LogP contribution in [0.2, 0.25) is 0 Å². The summed E-state index contributed by atoms with van der Waals surface area (Å²) in [7, 11) is 9.01. The van der Waals surface area contributed by atoms with Gasteiger partial charge < -0.3 is 98.8 Å². The molecule has 0 spiro atoms. The van der Waals surface area contributed by atoms with Gasteiger partial charge in [0, 0.05) is 68.5 Å². The summed E-state index contributed by atoms with van der Waals surface area (Å²) in [5.41, 5.74) is 29.2. The second-order valence-electron chi connectivity index (χ2n) is 24.4. The van der Waals surface area contributed by atoms with Gasteiger partial charge in [-0.25, -0.2) is 0 Å². The summed E-state index contributed by atoms with van der Waals surface area (Å²) in [6.07, 6.45) is 13.5. The van der Waals surface area contributed by atoms with Gasteiger partial charge in [-0.05, 0) is 201 Å². The number of unbranched alkanes of at least 4 members (excludes halogenated alkanes) is 8. The molecule has 2 saturated carbocycles. The maximum atomic E-state index is 14.3. The maximum absolute atomic E-state index is 14.3. The predicted octanol–water partition coefficient (Wildman–Crippen LogP) is 4.12. The smallest absolute Gasteiger partial charge is 0.255 e. The molecule has 7 amide bonds. The van der Waals surface area contributed by atoms with Crippen LogP contribution in [0.25, 0.3) is 0 Å². The molecule has 518 valence electrons. The lowest BCUT2D eigenvalue weighted by Crippen LogP contribution is -2.44. The molecule has 26 nitrogen and oxygen atoms in total. The Hall–Kier alpha value is -7.49. The fourth-order valence-corrected chi connectivity index (χ4v) is 10.9. The predicted molar refractivity (Wildman–Crippen MR) is 358 cm³/mol. The number of likely N-dealkylation sites (N-methyl/N-ethyl adjacent to an activating group) is 2. The lowest BCUT2D eigenvalue weighted by Gasteiger charge is -2.30. The molecule has 0 heterocycles. The summed E-state index contributed by atoms with van der Waals surface area (Å²) < 4.78 is 36.3. The van der Waals surface area contributed by atoms with Crippen molar-refractivity contribution in [1.29, 1.82) is 0 Å². The number of carbonyl (C=O) groups is 7. The topological polar surface area (TPSA) is 384 Å². The van der Waals surface area contributed by atoms with Crippen LogP contribution in [0.5, 0.6) is 34.5 Å². The van der Waals surface area contributed by atoms with Gasteiger partial charge in [-0.1, -0.05) is 0 Å². The first-order chi connectivity index (χ1) is 44.9. The van der Waals surface area contributed by atoms with E-state index in [0.717, 1.165) is 64.2 Å². The van der Waals surface area contributed by atoms with Crippen LogP contribution < -0.4 is 89.0 Å². The van der Waals surface area contributed by atoms with Gasteiger partial charge in [0.2, 0.25) is 0 Å². The number of amides is 7. The molecule has 2 aliphatic carbocycles. The van der Waals surface area contributed by atoms with Crippen molar-refractivity contribution in [2.75, 3.05) is 121 Å². The van der Waals surface area contributed by atoms with Gasteiger partial charge in [-0.3, -0.25) is 33.6 Å². The summed E-state index contributed by atoms with van der Waals surface area (Å²) in [5, 5.41) is 18.4. The molecule has 0 aliphatic heterocycles. The van der Waals surface area contributed by atoms with E-state index in [1.54, 1.807) is 12.1 Å². The maximum Gasteiger partial charge on any atom is 0.255 e.